The number of hydrogen-bond donors (Lipinski definition) is 1. The molecule has 1 saturated heterocycles. The van der Waals surface area contributed by atoms with Crippen molar-refractivity contribution in [3.63, 3.8) is 0 Å². The number of piperidine rings is 1. The van der Waals surface area contributed by atoms with Crippen LogP contribution in [0.15, 0.2) is 24.3 Å². The molecule has 5 nitrogen and oxygen atoms in total. The molecule has 5 heteroatoms. The molecule has 1 aliphatic rings. The van der Waals surface area contributed by atoms with Gasteiger partial charge < -0.3 is 10.2 Å². The summed E-state index contributed by atoms with van der Waals surface area (Å²) in [6, 6.07) is 8.88. The summed E-state index contributed by atoms with van der Waals surface area (Å²) < 4.78 is 0. The Balaban J connectivity index is 1.83. The van der Waals surface area contributed by atoms with Crippen LogP contribution in [0.25, 0.3) is 0 Å². The third-order valence-corrected chi connectivity index (χ3v) is 4.08. The van der Waals surface area contributed by atoms with Gasteiger partial charge in [0.2, 0.25) is 11.8 Å². The van der Waals surface area contributed by atoms with E-state index < -0.39 is 0 Å². The number of nitrogens with zero attached hydrogens (tertiary/aromatic N) is 2. The molecule has 1 aromatic rings. The molecule has 1 fully saturated rings. The molecule has 0 saturated carbocycles. The predicted molar refractivity (Wildman–Crippen MR) is 88.5 cm³/mol. The van der Waals surface area contributed by atoms with E-state index in [1.165, 1.54) is 0 Å². The Morgan fingerprint density at radius 2 is 1.87 bits per heavy atom. The summed E-state index contributed by atoms with van der Waals surface area (Å²) in [6.07, 6.45) is 1.97. The molecule has 0 radical (unpaired) electrons. The summed E-state index contributed by atoms with van der Waals surface area (Å²) in [5.74, 6) is 0.477. The first kappa shape index (κ1) is 17.0. The first-order chi connectivity index (χ1) is 11.0. The highest BCUT2D eigenvalue weighted by Crippen LogP contribution is 2.21. The zero-order chi connectivity index (χ0) is 16.8. The van der Waals surface area contributed by atoms with E-state index in [0.29, 0.717) is 49.5 Å². The summed E-state index contributed by atoms with van der Waals surface area (Å²) in [6.45, 7) is 5.37. The lowest BCUT2D eigenvalue weighted by atomic mass is 9.95. The van der Waals surface area contributed by atoms with Crippen LogP contribution in [0.5, 0.6) is 0 Å². The molecule has 0 spiro atoms. The van der Waals surface area contributed by atoms with Gasteiger partial charge in [-0.3, -0.25) is 9.59 Å². The molecule has 122 valence electrons. The average Bonchev–Trinajstić information content (AvgIpc) is 2.55. The molecule has 1 aliphatic heterocycles. The number of amides is 2. The van der Waals surface area contributed by atoms with E-state index in [4.69, 9.17) is 5.26 Å². The summed E-state index contributed by atoms with van der Waals surface area (Å²) in [5, 5.41) is 11.7. The van der Waals surface area contributed by atoms with Gasteiger partial charge in [0, 0.05) is 31.1 Å². The number of rotatable bonds is 4. The lowest BCUT2D eigenvalue weighted by Crippen LogP contribution is -2.41. The summed E-state index contributed by atoms with van der Waals surface area (Å²) in [7, 11) is 0. The van der Waals surface area contributed by atoms with Crippen LogP contribution in [0.3, 0.4) is 0 Å². The van der Waals surface area contributed by atoms with Crippen LogP contribution in [0.2, 0.25) is 0 Å². The fourth-order valence-electron chi connectivity index (χ4n) is 2.74. The molecule has 0 atom stereocenters. The zero-order valence-electron chi connectivity index (χ0n) is 13.7. The minimum absolute atomic E-state index is 0.00864. The van der Waals surface area contributed by atoms with Crippen molar-refractivity contribution in [2.45, 2.75) is 33.1 Å². The van der Waals surface area contributed by atoms with Crippen LogP contribution in [-0.2, 0) is 9.59 Å². The van der Waals surface area contributed by atoms with E-state index in [1.807, 2.05) is 24.8 Å². The molecular formula is C18H23N3O2. The predicted octanol–water partition coefficient (Wildman–Crippen LogP) is 2.78. The second-order valence-corrected chi connectivity index (χ2v) is 6.43. The molecule has 1 N–H and O–H groups in total. The van der Waals surface area contributed by atoms with Crippen LogP contribution in [0.1, 0.15) is 38.7 Å². The van der Waals surface area contributed by atoms with E-state index in [9.17, 15) is 9.59 Å². The van der Waals surface area contributed by atoms with E-state index in [0.717, 1.165) is 0 Å². The number of hydrogen-bond acceptors (Lipinski definition) is 3. The maximum atomic E-state index is 12.3. The van der Waals surface area contributed by atoms with Crippen molar-refractivity contribution in [3.8, 4) is 6.07 Å². The fourth-order valence-corrected chi connectivity index (χ4v) is 2.74. The minimum Gasteiger partial charge on any atom is -0.343 e. The minimum atomic E-state index is -0.0613. The maximum Gasteiger partial charge on any atom is 0.227 e. The van der Waals surface area contributed by atoms with Gasteiger partial charge in [-0.15, -0.1) is 0 Å². The van der Waals surface area contributed by atoms with Gasteiger partial charge in [0.1, 0.15) is 0 Å². The van der Waals surface area contributed by atoms with Crippen LogP contribution in [-0.4, -0.2) is 29.8 Å². The monoisotopic (exact) mass is 313 g/mol. The summed E-state index contributed by atoms with van der Waals surface area (Å²) in [5.41, 5.74) is 1.27. The quantitative estimate of drug-likeness (QED) is 0.929. The summed E-state index contributed by atoms with van der Waals surface area (Å²) in [4.78, 5) is 26.2. The largest absolute Gasteiger partial charge is 0.343 e. The molecule has 0 bridgehead atoms. The second-order valence-electron chi connectivity index (χ2n) is 6.43. The van der Waals surface area contributed by atoms with Crippen LogP contribution < -0.4 is 5.32 Å². The fraction of sp³-hybridized carbons (Fsp3) is 0.500. The Morgan fingerprint density at radius 3 is 2.39 bits per heavy atom. The number of benzene rings is 1. The number of likely N-dealkylation sites (tertiary alicyclic amines) is 1. The van der Waals surface area contributed by atoms with Crippen molar-refractivity contribution in [2.24, 2.45) is 11.8 Å². The standard InChI is InChI=1S/C18H23N3O2/c1-13(2)11-17(22)21-9-7-15(8-10-21)18(23)20-16-5-3-14(12-19)4-6-16/h3-6,13,15H,7-11H2,1-2H3,(H,20,23). The van der Waals surface area contributed by atoms with Crippen molar-refractivity contribution in [2.75, 3.05) is 18.4 Å². The Morgan fingerprint density at radius 1 is 1.26 bits per heavy atom. The molecule has 2 amide bonds. The summed E-state index contributed by atoms with van der Waals surface area (Å²) >= 11 is 0. The normalized spacial score (nSPS) is 15.3. The van der Waals surface area contributed by atoms with Gasteiger partial charge >= 0.3 is 0 Å². The van der Waals surface area contributed by atoms with Crippen molar-refractivity contribution in [1.82, 2.24) is 4.90 Å². The van der Waals surface area contributed by atoms with Gasteiger partial charge in [0.25, 0.3) is 0 Å². The smallest absolute Gasteiger partial charge is 0.227 e. The Hall–Kier alpha value is -2.35. The number of anilines is 1. The van der Waals surface area contributed by atoms with Gasteiger partial charge in [-0.05, 0) is 43.0 Å². The van der Waals surface area contributed by atoms with Crippen LogP contribution >= 0.6 is 0 Å². The number of carbonyl (C=O) groups is 2. The Labute approximate surface area is 137 Å². The maximum absolute atomic E-state index is 12.3. The van der Waals surface area contributed by atoms with Crippen LogP contribution in [0, 0.1) is 23.2 Å². The first-order valence-corrected chi connectivity index (χ1v) is 8.08. The second kappa shape index (κ2) is 7.77. The first-order valence-electron chi connectivity index (χ1n) is 8.08. The molecule has 1 heterocycles. The van der Waals surface area contributed by atoms with Crippen molar-refractivity contribution in [1.29, 1.82) is 5.26 Å². The topological polar surface area (TPSA) is 73.2 Å². The van der Waals surface area contributed by atoms with E-state index in [-0.39, 0.29) is 17.7 Å². The molecule has 1 aromatic carbocycles. The molecule has 0 aromatic heterocycles. The van der Waals surface area contributed by atoms with Gasteiger partial charge in [-0.2, -0.15) is 5.26 Å². The van der Waals surface area contributed by atoms with E-state index >= 15 is 0 Å². The zero-order valence-corrected chi connectivity index (χ0v) is 13.7. The van der Waals surface area contributed by atoms with Crippen molar-refractivity contribution in [3.05, 3.63) is 29.8 Å². The van der Waals surface area contributed by atoms with Gasteiger partial charge in [-0.1, -0.05) is 13.8 Å². The lowest BCUT2D eigenvalue weighted by Gasteiger charge is -2.31. The number of nitriles is 1. The molecule has 0 aliphatic carbocycles. The Kier molecular flexibility index (Phi) is 5.75. The van der Waals surface area contributed by atoms with Gasteiger partial charge in [0.15, 0.2) is 0 Å². The van der Waals surface area contributed by atoms with E-state index in [2.05, 4.69) is 5.32 Å². The molecule has 0 unspecified atom stereocenters. The highest BCUT2D eigenvalue weighted by atomic mass is 16.2. The SMILES string of the molecule is CC(C)CC(=O)N1CCC(C(=O)Nc2ccc(C#N)cc2)CC1. The average molecular weight is 313 g/mol. The molecule has 2 rings (SSSR count). The highest BCUT2D eigenvalue weighted by Gasteiger charge is 2.27. The van der Waals surface area contributed by atoms with Crippen LogP contribution in [0.4, 0.5) is 5.69 Å². The highest BCUT2D eigenvalue weighted by molar-refractivity contribution is 5.92. The number of carbonyl (C=O) groups excluding carboxylic acids is 2. The van der Waals surface area contributed by atoms with Gasteiger partial charge in [-0.25, -0.2) is 0 Å². The van der Waals surface area contributed by atoms with Gasteiger partial charge in [0.05, 0.1) is 11.6 Å². The van der Waals surface area contributed by atoms with Crippen molar-refractivity contribution < 1.29 is 9.59 Å². The van der Waals surface area contributed by atoms with Crippen molar-refractivity contribution >= 4 is 17.5 Å². The lowest BCUT2D eigenvalue weighted by molar-refractivity contribution is -0.135. The number of nitrogens with one attached hydrogen (secondary N) is 1. The molecule has 23 heavy (non-hydrogen) atoms. The molecular weight excluding hydrogens is 290 g/mol. The Bertz CT molecular complexity index is 594. The third kappa shape index (κ3) is 4.82. The van der Waals surface area contributed by atoms with E-state index in [1.54, 1.807) is 24.3 Å². The third-order valence-electron chi connectivity index (χ3n) is 4.08.